The molecule has 0 aliphatic heterocycles. The molecule has 0 unspecified atom stereocenters. The molecule has 3 N–H and O–H groups in total. The quantitative estimate of drug-likeness (QED) is 0.719. The summed E-state index contributed by atoms with van der Waals surface area (Å²) in [7, 11) is 0. The second-order valence-electron chi connectivity index (χ2n) is 5.94. The van der Waals surface area contributed by atoms with E-state index in [0.29, 0.717) is 18.5 Å². The van der Waals surface area contributed by atoms with Crippen molar-refractivity contribution in [1.82, 2.24) is 14.9 Å². The van der Waals surface area contributed by atoms with Crippen molar-refractivity contribution in [3.8, 4) is 0 Å². The maximum absolute atomic E-state index is 12.2. The minimum Gasteiger partial charge on any atom is -0.368 e. The van der Waals surface area contributed by atoms with Crippen LogP contribution in [0.3, 0.4) is 0 Å². The second-order valence-corrected chi connectivity index (χ2v) is 5.94. The van der Waals surface area contributed by atoms with Crippen LogP contribution < -0.4 is 11.1 Å². The largest absolute Gasteiger partial charge is 0.368 e. The number of carbonyl (C=O) groups is 2. The van der Waals surface area contributed by atoms with Crippen molar-refractivity contribution in [2.75, 3.05) is 6.54 Å². The Kier molecular flexibility index (Phi) is 4.79. The topological polar surface area (TPSA) is 90.0 Å². The summed E-state index contributed by atoms with van der Waals surface area (Å²) in [5.74, 6) is 0.176. The number of imidazole rings is 1. The van der Waals surface area contributed by atoms with E-state index in [4.69, 9.17) is 5.73 Å². The molecule has 3 aromatic rings. The fourth-order valence-corrected chi connectivity index (χ4v) is 2.74. The summed E-state index contributed by atoms with van der Waals surface area (Å²) in [6, 6.07) is 15.0. The number of aromatic nitrogens is 2. The molecule has 0 radical (unpaired) electrons. The van der Waals surface area contributed by atoms with Gasteiger partial charge in [0.2, 0.25) is 5.91 Å². The third kappa shape index (κ3) is 3.85. The van der Waals surface area contributed by atoms with Crippen molar-refractivity contribution < 1.29 is 9.59 Å². The number of aryl methyl sites for hydroxylation is 1. The molecule has 2 aromatic carbocycles. The van der Waals surface area contributed by atoms with E-state index < -0.39 is 5.91 Å². The number of amides is 2. The molecule has 0 saturated carbocycles. The summed E-state index contributed by atoms with van der Waals surface area (Å²) in [6.45, 7) is 2.47. The summed E-state index contributed by atoms with van der Waals surface area (Å²) in [6.07, 6.45) is 0.513. The molecular formula is C19H20N4O2. The van der Waals surface area contributed by atoms with E-state index in [9.17, 15) is 9.59 Å². The van der Waals surface area contributed by atoms with Crippen LogP contribution in [0.1, 0.15) is 21.7 Å². The molecule has 128 valence electrons. The van der Waals surface area contributed by atoms with Gasteiger partial charge in [-0.1, -0.05) is 29.8 Å². The SMILES string of the molecule is Cc1ccc(C(=O)NCCc2nc3ccccc3n2CC(N)=O)cc1. The van der Waals surface area contributed by atoms with Gasteiger partial charge in [-0.05, 0) is 31.2 Å². The lowest BCUT2D eigenvalue weighted by atomic mass is 10.1. The number of carbonyl (C=O) groups excluding carboxylic acids is 2. The Morgan fingerprint density at radius 3 is 2.56 bits per heavy atom. The van der Waals surface area contributed by atoms with E-state index in [0.717, 1.165) is 22.4 Å². The summed E-state index contributed by atoms with van der Waals surface area (Å²) in [4.78, 5) is 28.1. The third-order valence-electron chi connectivity index (χ3n) is 4.00. The van der Waals surface area contributed by atoms with E-state index in [-0.39, 0.29) is 12.5 Å². The van der Waals surface area contributed by atoms with Crippen LogP contribution in [0.4, 0.5) is 0 Å². The monoisotopic (exact) mass is 336 g/mol. The van der Waals surface area contributed by atoms with Gasteiger partial charge in [-0.25, -0.2) is 4.98 Å². The average molecular weight is 336 g/mol. The molecule has 2 amide bonds. The van der Waals surface area contributed by atoms with Crippen molar-refractivity contribution in [2.24, 2.45) is 5.73 Å². The molecule has 0 spiro atoms. The molecule has 6 nitrogen and oxygen atoms in total. The Hall–Kier alpha value is -3.15. The molecule has 0 saturated heterocycles. The van der Waals surface area contributed by atoms with Crippen LogP contribution in [0.15, 0.2) is 48.5 Å². The molecule has 0 bridgehead atoms. The number of hydrogen-bond acceptors (Lipinski definition) is 3. The van der Waals surface area contributed by atoms with Gasteiger partial charge in [-0.15, -0.1) is 0 Å². The van der Waals surface area contributed by atoms with Gasteiger partial charge >= 0.3 is 0 Å². The van der Waals surface area contributed by atoms with Crippen LogP contribution in [0.5, 0.6) is 0 Å². The minimum absolute atomic E-state index is 0.0712. The predicted octanol–water partition coefficient (Wildman–Crippen LogP) is 1.80. The van der Waals surface area contributed by atoms with Gasteiger partial charge in [0.05, 0.1) is 11.0 Å². The van der Waals surface area contributed by atoms with E-state index in [1.54, 1.807) is 16.7 Å². The number of primary amides is 1. The van der Waals surface area contributed by atoms with Gasteiger partial charge in [-0.3, -0.25) is 9.59 Å². The van der Waals surface area contributed by atoms with Crippen molar-refractivity contribution in [1.29, 1.82) is 0 Å². The van der Waals surface area contributed by atoms with Crippen LogP contribution in [-0.2, 0) is 17.8 Å². The Bertz CT molecular complexity index is 913. The van der Waals surface area contributed by atoms with E-state index in [2.05, 4.69) is 10.3 Å². The lowest BCUT2D eigenvalue weighted by Crippen LogP contribution is -2.27. The van der Waals surface area contributed by atoms with Crippen LogP contribution in [0, 0.1) is 6.92 Å². The highest BCUT2D eigenvalue weighted by Crippen LogP contribution is 2.16. The lowest BCUT2D eigenvalue weighted by molar-refractivity contribution is -0.118. The Morgan fingerprint density at radius 2 is 1.84 bits per heavy atom. The molecule has 0 atom stereocenters. The molecule has 0 fully saturated rings. The van der Waals surface area contributed by atoms with Crippen molar-refractivity contribution in [3.63, 3.8) is 0 Å². The number of hydrogen-bond donors (Lipinski definition) is 2. The average Bonchev–Trinajstić information content (AvgIpc) is 2.93. The Labute approximate surface area is 145 Å². The minimum atomic E-state index is -0.423. The van der Waals surface area contributed by atoms with E-state index >= 15 is 0 Å². The number of rotatable bonds is 6. The maximum atomic E-state index is 12.2. The Balaban J connectivity index is 1.71. The van der Waals surface area contributed by atoms with Gasteiger partial charge in [-0.2, -0.15) is 0 Å². The summed E-state index contributed by atoms with van der Waals surface area (Å²) >= 11 is 0. The zero-order valence-electron chi connectivity index (χ0n) is 14.0. The number of benzene rings is 2. The first-order valence-corrected chi connectivity index (χ1v) is 8.12. The fourth-order valence-electron chi connectivity index (χ4n) is 2.74. The van der Waals surface area contributed by atoms with Gasteiger partial charge < -0.3 is 15.6 Å². The second kappa shape index (κ2) is 7.17. The standard InChI is InChI=1S/C19H20N4O2/c1-13-6-8-14(9-7-13)19(25)21-11-10-18-22-15-4-2-3-5-16(15)23(18)12-17(20)24/h2-9H,10-12H2,1H3,(H2,20,24)(H,21,25). The van der Waals surface area contributed by atoms with Crippen LogP contribution >= 0.6 is 0 Å². The number of nitrogens with two attached hydrogens (primary N) is 1. The molecule has 1 aromatic heterocycles. The lowest BCUT2D eigenvalue weighted by Gasteiger charge is -2.08. The number of para-hydroxylation sites is 2. The summed E-state index contributed by atoms with van der Waals surface area (Å²) in [5.41, 5.74) is 8.75. The first kappa shape index (κ1) is 16.7. The smallest absolute Gasteiger partial charge is 0.251 e. The van der Waals surface area contributed by atoms with E-state index in [1.807, 2.05) is 43.3 Å². The number of nitrogens with zero attached hydrogens (tertiary/aromatic N) is 2. The molecular weight excluding hydrogens is 316 g/mol. The highest BCUT2D eigenvalue weighted by atomic mass is 16.2. The first-order chi connectivity index (χ1) is 12.0. The molecule has 6 heteroatoms. The first-order valence-electron chi connectivity index (χ1n) is 8.12. The van der Waals surface area contributed by atoms with Gasteiger partial charge in [0, 0.05) is 18.5 Å². The zero-order valence-corrected chi connectivity index (χ0v) is 14.0. The van der Waals surface area contributed by atoms with Gasteiger partial charge in [0.25, 0.3) is 5.91 Å². The van der Waals surface area contributed by atoms with Crippen LogP contribution in [0.25, 0.3) is 11.0 Å². The normalized spacial score (nSPS) is 10.8. The zero-order chi connectivity index (χ0) is 17.8. The number of nitrogens with one attached hydrogen (secondary N) is 1. The molecule has 3 rings (SSSR count). The molecule has 0 aliphatic rings. The number of fused-ring (bicyclic) bond motifs is 1. The maximum Gasteiger partial charge on any atom is 0.251 e. The van der Waals surface area contributed by atoms with Crippen LogP contribution in [-0.4, -0.2) is 27.9 Å². The van der Waals surface area contributed by atoms with Crippen LogP contribution in [0.2, 0.25) is 0 Å². The molecule has 1 heterocycles. The van der Waals surface area contributed by atoms with Crippen molar-refractivity contribution in [2.45, 2.75) is 19.9 Å². The third-order valence-corrected chi connectivity index (χ3v) is 4.00. The van der Waals surface area contributed by atoms with Gasteiger partial charge in [0.15, 0.2) is 0 Å². The summed E-state index contributed by atoms with van der Waals surface area (Å²) in [5, 5.41) is 2.88. The van der Waals surface area contributed by atoms with Gasteiger partial charge in [0.1, 0.15) is 12.4 Å². The van der Waals surface area contributed by atoms with Crippen molar-refractivity contribution >= 4 is 22.8 Å². The Morgan fingerprint density at radius 1 is 1.12 bits per heavy atom. The summed E-state index contributed by atoms with van der Waals surface area (Å²) < 4.78 is 1.80. The highest BCUT2D eigenvalue weighted by Gasteiger charge is 2.12. The molecule has 25 heavy (non-hydrogen) atoms. The highest BCUT2D eigenvalue weighted by molar-refractivity contribution is 5.94. The fraction of sp³-hybridized carbons (Fsp3) is 0.211. The van der Waals surface area contributed by atoms with Crippen molar-refractivity contribution in [3.05, 3.63) is 65.5 Å². The predicted molar refractivity (Wildman–Crippen MR) is 96.1 cm³/mol. The molecule has 0 aliphatic carbocycles. The van der Waals surface area contributed by atoms with E-state index in [1.165, 1.54) is 0 Å².